The molecule has 0 atom stereocenters. The largest absolute Gasteiger partial charge is 0.324 e. The molecule has 94 valence electrons. The second-order valence-corrected chi connectivity index (χ2v) is 4.23. The zero-order valence-corrected chi connectivity index (χ0v) is 10.3. The fourth-order valence-electron chi connectivity index (χ4n) is 2.11. The van der Waals surface area contributed by atoms with Gasteiger partial charge in [-0.3, -0.25) is 14.9 Å². The van der Waals surface area contributed by atoms with Crippen LogP contribution in [0.5, 0.6) is 0 Å². The Morgan fingerprint density at radius 3 is 2.95 bits per heavy atom. The molecule has 5 nitrogen and oxygen atoms in total. The van der Waals surface area contributed by atoms with E-state index in [0.717, 1.165) is 27.7 Å². The molecule has 1 amide bonds. The molecule has 0 aliphatic rings. The van der Waals surface area contributed by atoms with Crippen molar-refractivity contribution < 1.29 is 4.79 Å². The molecule has 0 saturated heterocycles. The summed E-state index contributed by atoms with van der Waals surface area (Å²) in [5.74, 6) is -0.108. The highest BCUT2D eigenvalue weighted by molar-refractivity contribution is 6.05. The van der Waals surface area contributed by atoms with E-state index >= 15 is 0 Å². The lowest BCUT2D eigenvalue weighted by Gasteiger charge is -2.09. The molecule has 0 aliphatic carbocycles. The number of H-pyrrole nitrogens is 1. The van der Waals surface area contributed by atoms with Crippen molar-refractivity contribution in [3.63, 3.8) is 0 Å². The molecule has 0 radical (unpaired) electrons. The van der Waals surface area contributed by atoms with Gasteiger partial charge in [0.25, 0.3) is 0 Å². The van der Waals surface area contributed by atoms with Crippen LogP contribution in [0.3, 0.4) is 0 Å². The van der Waals surface area contributed by atoms with Crippen LogP contribution in [-0.4, -0.2) is 21.1 Å². The van der Waals surface area contributed by atoms with Gasteiger partial charge >= 0.3 is 0 Å². The fourth-order valence-corrected chi connectivity index (χ4v) is 2.11. The van der Waals surface area contributed by atoms with Crippen molar-refractivity contribution in [3.8, 4) is 11.1 Å². The van der Waals surface area contributed by atoms with Gasteiger partial charge in [-0.25, -0.2) is 0 Å². The van der Waals surface area contributed by atoms with Gasteiger partial charge in [0.2, 0.25) is 5.91 Å². The van der Waals surface area contributed by atoms with Gasteiger partial charge in [0, 0.05) is 30.3 Å². The maximum absolute atomic E-state index is 11.2. The van der Waals surface area contributed by atoms with E-state index in [2.05, 4.69) is 20.5 Å². The van der Waals surface area contributed by atoms with Crippen LogP contribution in [0.15, 0.2) is 42.9 Å². The number of aromatic amines is 1. The number of fused-ring (bicyclic) bond motifs is 1. The van der Waals surface area contributed by atoms with E-state index in [1.54, 1.807) is 12.4 Å². The summed E-state index contributed by atoms with van der Waals surface area (Å²) in [6.45, 7) is 1.48. The Balaban J connectivity index is 2.25. The Kier molecular flexibility index (Phi) is 2.72. The van der Waals surface area contributed by atoms with Crippen molar-refractivity contribution in [2.75, 3.05) is 5.32 Å². The van der Waals surface area contributed by atoms with Crippen molar-refractivity contribution >= 4 is 22.5 Å². The Hall–Kier alpha value is -2.69. The summed E-state index contributed by atoms with van der Waals surface area (Å²) in [5, 5.41) is 10.5. The highest BCUT2D eigenvalue weighted by atomic mass is 16.1. The molecular formula is C14H12N4O. The number of nitrogens with one attached hydrogen (secondary N) is 2. The average molecular weight is 252 g/mol. The monoisotopic (exact) mass is 252 g/mol. The summed E-state index contributed by atoms with van der Waals surface area (Å²) in [4.78, 5) is 15.6. The van der Waals surface area contributed by atoms with Gasteiger partial charge in [0.05, 0.1) is 17.4 Å². The van der Waals surface area contributed by atoms with Crippen molar-refractivity contribution in [3.05, 3.63) is 42.9 Å². The first-order valence-corrected chi connectivity index (χ1v) is 5.90. The number of benzene rings is 1. The summed E-state index contributed by atoms with van der Waals surface area (Å²) in [6.07, 6.45) is 5.31. The van der Waals surface area contributed by atoms with E-state index in [9.17, 15) is 4.79 Å². The normalized spacial score (nSPS) is 10.6. The van der Waals surface area contributed by atoms with Crippen LogP contribution in [0.25, 0.3) is 22.0 Å². The fraction of sp³-hybridized carbons (Fsp3) is 0.0714. The second kappa shape index (κ2) is 4.53. The molecule has 1 aromatic carbocycles. The van der Waals surface area contributed by atoms with Crippen LogP contribution in [0, 0.1) is 0 Å². The number of hydrogen-bond acceptors (Lipinski definition) is 3. The van der Waals surface area contributed by atoms with E-state index in [0.29, 0.717) is 0 Å². The summed E-state index contributed by atoms with van der Waals surface area (Å²) in [5.41, 5.74) is 3.52. The van der Waals surface area contributed by atoms with Crippen LogP contribution in [-0.2, 0) is 4.79 Å². The SMILES string of the molecule is CC(=O)Nc1ccc(-c2cn[nH]c2)c2cccnc12. The molecule has 0 spiro atoms. The Labute approximate surface area is 109 Å². The van der Waals surface area contributed by atoms with Crippen LogP contribution in [0.2, 0.25) is 0 Å². The molecule has 2 aromatic heterocycles. The van der Waals surface area contributed by atoms with Gasteiger partial charge in [-0.2, -0.15) is 5.10 Å². The standard InChI is InChI=1S/C14H12N4O/c1-9(19)18-13-5-4-11(10-7-16-17-8-10)12-3-2-6-15-14(12)13/h2-8H,1H3,(H,16,17)(H,18,19). The third-order valence-corrected chi connectivity index (χ3v) is 2.89. The molecule has 0 aliphatic heterocycles. The predicted octanol–water partition coefficient (Wildman–Crippen LogP) is 2.58. The van der Waals surface area contributed by atoms with Gasteiger partial charge in [-0.15, -0.1) is 0 Å². The Morgan fingerprint density at radius 2 is 2.21 bits per heavy atom. The molecule has 5 heteroatoms. The highest BCUT2D eigenvalue weighted by Gasteiger charge is 2.09. The molecule has 0 fully saturated rings. The minimum absolute atomic E-state index is 0.108. The number of amides is 1. The molecule has 0 unspecified atom stereocenters. The number of carbonyl (C=O) groups excluding carboxylic acids is 1. The number of pyridine rings is 1. The first-order valence-electron chi connectivity index (χ1n) is 5.90. The number of aromatic nitrogens is 3. The van der Waals surface area contributed by atoms with Crippen LogP contribution >= 0.6 is 0 Å². The van der Waals surface area contributed by atoms with Crippen molar-refractivity contribution in [2.45, 2.75) is 6.92 Å². The van der Waals surface area contributed by atoms with Crippen molar-refractivity contribution in [1.82, 2.24) is 15.2 Å². The third-order valence-electron chi connectivity index (χ3n) is 2.89. The number of rotatable bonds is 2. The number of nitrogens with zero attached hydrogens (tertiary/aromatic N) is 2. The van der Waals surface area contributed by atoms with Gasteiger partial charge < -0.3 is 5.32 Å². The average Bonchev–Trinajstić information content (AvgIpc) is 2.92. The van der Waals surface area contributed by atoms with Crippen LogP contribution < -0.4 is 5.32 Å². The van der Waals surface area contributed by atoms with Crippen LogP contribution in [0.4, 0.5) is 5.69 Å². The molecule has 3 aromatic rings. The summed E-state index contributed by atoms with van der Waals surface area (Å²) in [6, 6.07) is 7.68. The lowest BCUT2D eigenvalue weighted by molar-refractivity contribution is -0.114. The molecular weight excluding hydrogens is 240 g/mol. The first-order chi connectivity index (χ1) is 9.25. The summed E-state index contributed by atoms with van der Waals surface area (Å²) >= 11 is 0. The molecule has 0 saturated carbocycles. The Morgan fingerprint density at radius 1 is 1.32 bits per heavy atom. The topological polar surface area (TPSA) is 70.7 Å². The minimum atomic E-state index is -0.108. The minimum Gasteiger partial charge on any atom is -0.324 e. The molecule has 3 rings (SSSR count). The zero-order valence-electron chi connectivity index (χ0n) is 10.3. The van der Waals surface area contributed by atoms with E-state index in [-0.39, 0.29) is 5.91 Å². The van der Waals surface area contributed by atoms with E-state index in [4.69, 9.17) is 0 Å². The second-order valence-electron chi connectivity index (χ2n) is 4.23. The quantitative estimate of drug-likeness (QED) is 0.736. The van der Waals surface area contributed by atoms with Gasteiger partial charge in [0.15, 0.2) is 0 Å². The number of anilines is 1. The van der Waals surface area contributed by atoms with Gasteiger partial charge in [0.1, 0.15) is 0 Å². The van der Waals surface area contributed by atoms with E-state index in [1.165, 1.54) is 6.92 Å². The predicted molar refractivity (Wildman–Crippen MR) is 73.6 cm³/mol. The van der Waals surface area contributed by atoms with Crippen molar-refractivity contribution in [1.29, 1.82) is 0 Å². The molecule has 0 bridgehead atoms. The molecule has 2 heterocycles. The third kappa shape index (κ3) is 2.06. The van der Waals surface area contributed by atoms with Crippen LogP contribution in [0.1, 0.15) is 6.92 Å². The van der Waals surface area contributed by atoms with Crippen molar-refractivity contribution in [2.24, 2.45) is 0 Å². The zero-order chi connectivity index (χ0) is 13.2. The molecule has 19 heavy (non-hydrogen) atoms. The lowest BCUT2D eigenvalue weighted by Crippen LogP contribution is -2.06. The lowest BCUT2D eigenvalue weighted by atomic mass is 10.0. The Bertz CT molecular complexity index is 734. The highest BCUT2D eigenvalue weighted by Crippen LogP contribution is 2.31. The van der Waals surface area contributed by atoms with E-state index < -0.39 is 0 Å². The molecule has 2 N–H and O–H groups in total. The maximum Gasteiger partial charge on any atom is 0.221 e. The smallest absolute Gasteiger partial charge is 0.221 e. The number of hydrogen-bond donors (Lipinski definition) is 2. The maximum atomic E-state index is 11.2. The number of carbonyl (C=O) groups is 1. The van der Waals surface area contributed by atoms with E-state index in [1.807, 2.05) is 30.5 Å². The first kappa shape index (κ1) is 11.4. The van der Waals surface area contributed by atoms with Gasteiger partial charge in [-0.1, -0.05) is 12.1 Å². The summed E-state index contributed by atoms with van der Waals surface area (Å²) < 4.78 is 0. The summed E-state index contributed by atoms with van der Waals surface area (Å²) in [7, 11) is 0. The van der Waals surface area contributed by atoms with Gasteiger partial charge in [-0.05, 0) is 17.7 Å².